The SMILES string of the molecule is CC(=O)N1CCN(CCCOc2cccc(C#N)c2)CC1. The lowest BCUT2D eigenvalue weighted by molar-refractivity contribution is -0.130. The molecule has 2 rings (SSSR count). The van der Waals surface area contributed by atoms with E-state index in [-0.39, 0.29) is 5.91 Å². The van der Waals surface area contributed by atoms with Crippen LogP contribution in [0.5, 0.6) is 5.75 Å². The molecular weight excluding hydrogens is 266 g/mol. The average Bonchev–Trinajstić information content (AvgIpc) is 2.52. The first-order valence-corrected chi connectivity index (χ1v) is 7.30. The number of carbonyl (C=O) groups is 1. The van der Waals surface area contributed by atoms with E-state index in [4.69, 9.17) is 10.00 Å². The van der Waals surface area contributed by atoms with Crippen molar-refractivity contribution in [2.45, 2.75) is 13.3 Å². The highest BCUT2D eigenvalue weighted by atomic mass is 16.5. The number of piperazine rings is 1. The molecule has 5 nitrogen and oxygen atoms in total. The minimum atomic E-state index is 0.162. The van der Waals surface area contributed by atoms with E-state index in [0.717, 1.165) is 44.9 Å². The first kappa shape index (κ1) is 15.3. The number of amides is 1. The molecule has 0 spiro atoms. The number of carbonyl (C=O) groups excluding carboxylic acids is 1. The lowest BCUT2D eigenvalue weighted by Gasteiger charge is -2.34. The molecule has 0 aromatic heterocycles. The maximum Gasteiger partial charge on any atom is 0.219 e. The van der Waals surface area contributed by atoms with Gasteiger partial charge in [0, 0.05) is 39.6 Å². The lowest BCUT2D eigenvalue weighted by atomic mass is 10.2. The number of benzene rings is 1. The molecule has 1 heterocycles. The van der Waals surface area contributed by atoms with E-state index in [1.807, 2.05) is 17.0 Å². The van der Waals surface area contributed by atoms with Crippen LogP contribution in [0.3, 0.4) is 0 Å². The molecule has 1 aromatic carbocycles. The molecular formula is C16H21N3O2. The van der Waals surface area contributed by atoms with Crippen molar-refractivity contribution >= 4 is 5.91 Å². The van der Waals surface area contributed by atoms with Gasteiger partial charge in [-0.15, -0.1) is 0 Å². The third-order valence-corrected chi connectivity index (χ3v) is 3.67. The van der Waals surface area contributed by atoms with E-state index < -0.39 is 0 Å². The highest BCUT2D eigenvalue weighted by molar-refractivity contribution is 5.73. The van der Waals surface area contributed by atoms with Gasteiger partial charge >= 0.3 is 0 Å². The van der Waals surface area contributed by atoms with Crippen LogP contribution in [0.2, 0.25) is 0 Å². The van der Waals surface area contributed by atoms with Crippen LogP contribution in [0.25, 0.3) is 0 Å². The molecule has 1 aliphatic rings. The smallest absolute Gasteiger partial charge is 0.219 e. The Bertz CT molecular complexity index is 516. The molecule has 0 aliphatic carbocycles. The zero-order chi connectivity index (χ0) is 15.1. The van der Waals surface area contributed by atoms with Crippen molar-refractivity contribution in [3.05, 3.63) is 29.8 Å². The molecule has 0 atom stereocenters. The van der Waals surface area contributed by atoms with Crippen LogP contribution in [-0.4, -0.2) is 55.0 Å². The summed E-state index contributed by atoms with van der Waals surface area (Å²) in [4.78, 5) is 15.5. The fourth-order valence-electron chi connectivity index (χ4n) is 2.42. The fraction of sp³-hybridized carbons (Fsp3) is 0.500. The summed E-state index contributed by atoms with van der Waals surface area (Å²) in [6, 6.07) is 9.32. The van der Waals surface area contributed by atoms with Crippen molar-refractivity contribution < 1.29 is 9.53 Å². The number of nitrogens with zero attached hydrogens (tertiary/aromatic N) is 3. The molecule has 5 heteroatoms. The van der Waals surface area contributed by atoms with Gasteiger partial charge in [0.15, 0.2) is 0 Å². The van der Waals surface area contributed by atoms with Crippen molar-refractivity contribution in [2.24, 2.45) is 0 Å². The van der Waals surface area contributed by atoms with Crippen LogP contribution in [0.4, 0.5) is 0 Å². The van der Waals surface area contributed by atoms with Crippen molar-refractivity contribution in [3.63, 3.8) is 0 Å². The normalized spacial score (nSPS) is 15.5. The van der Waals surface area contributed by atoms with E-state index in [1.54, 1.807) is 19.1 Å². The number of ether oxygens (including phenoxy) is 1. The molecule has 0 bridgehead atoms. The summed E-state index contributed by atoms with van der Waals surface area (Å²) in [5.74, 6) is 0.908. The average molecular weight is 287 g/mol. The van der Waals surface area contributed by atoms with Crippen LogP contribution < -0.4 is 4.74 Å². The summed E-state index contributed by atoms with van der Waals surface area (Å²) in [7, 11) is 0. The molecule has 1 aliphatic heterocycles. The predicted molar refractivity (Wildman–Crippen MR) is 80.0 cm³/mol. The molecule has 0 N–H and O–H groups in total. The Kier molecular flexibility index (Phi) is 5.59. The van der Waals surface area contributed by atoms with Gasteiger partial charge in [0.2, 0.25) is 5.91 Å². The van der Waals surface area contributed by atoms with Gasteiger partial charge in [-0.3, -0.25) is 9.69 Å². The Balaban J connectivity index is 1.64. The maximum absolute atomic E-state index is 11.2. The van der Waals surface area contributed by atoms with Gasteiger partial charge in [-0.25, -0.2) is 0 Å². The molecule has 0 saturated carbocycles. The third-order valence-electron chi connectivity index (χ3n) is 3.67. The number of rotatable bonds is 5. The van der Waals surface area contributed by atoms with Crippen LogP contribution in [0, 0.1) is 11.3 Å². The molecule has 0 radical (unpaired) electrons. The summed E-state index contributed by atoms with van der Waals surface area (Å²) >= 11 is 0. The van der Waals surface area contributed by atoms with Gasteiger partial charge in [0.1, 0.15) is 5.75 Å². The van der Waals surface area contributed by atoms with Crippen LogP contribution >= 0.6 is 0 Å². The maximum atomic E-state index is 11.2. The Morgan fingerprint density at radius 3 is 2.76 bits per heavy atom. The Morgan fingerprint density at radius 1 is 1.33 bits per heavy atom. The molecule has 0 unspecified atom stereocenters. The van der Waals surface area contributed by atoms with Gasteiger partial charge in [-0.05, 0) is 24.6 Å². The highest BCUT2D eigenvalue weighted by Crippen LogP contribution is 2.12. The minimum Gasteiger partial charge on any atom is -0.494 e. The summed E-state index contributed by atoms with van der Waals surface area (Å²) in [5.41, 5.74) is 0.618. The zero-order valence-corrected chi connectivity index (χ0v) is 12.4. The molecule has 1 fully saturated rings. The minimum absolute atomic E-state index is 0.162. The van der Waals surface area contributed by atoms with Gasteiger partial charge in [-0.2, -0.15) is 5.26 Å². The van der Waals surface area contributed by atoms with E-state index in [1.165, 1.54) is 0 Å². The van der Waals surface area contributed by atoms with Crippen molar-refractivity contribution in [3.8, 4) is 11.8 Å². The summed E-state index contributed by atoms with van der Waals surface area (Å²) < 4.78 is 5.66. The van der Waals surface area contributed by atoms with Gasteiger partial charge < -0.3 is 9.64 Å². The van der Waals surface area contributed by atoms with Gasteiger partial charge in [0.05, 0.1) is 18.2 Å². The second-order valence-corrected chi connectivity index (χ2v) is 5.19. The third kappa shape index (κ3) is 4.76. The summed E-state index contributed by atoms with van der Waals surface area (Å²) in [6.45, 7) is 6.75. The zero-order valence-electron chi connectivity index (χ0n) is 12.4. The first-order chi connectivity index (χ1) is 10.2. The number of hydrogen-bond acceptors (Lipinski definition) is 4. The first-order valence-electron chi connectivity index (χ1n) is 7.30. The second-order valence-electron chi connectivity index (χ2n) is 5.19. The van der Waals surface area contributed by atoms with Gasteiger partial charge in [0.25, 0.3) is 0 Å². The van der Waals surface area contributed by atoms with Crippen LogP contribution in [0.15, 0.2) is 24.3 Å². The van der Waals surface area contributed by atoms with Gasteiger partial charge in [-0.1, -0.05) is 6.07 Å². The molecule has 1 aromatic rings. The summed E-state index contributed by atoms with van der Waals surface area (Å²) in [6.07, 6.45) is 0.941. The summed E-state index contributed by atoms with van der Waals surface area (Å²) in [5, 5.41) is 8.82. The van der Waals surface area contributed by atoms with Crippen LogP contribution in [-0.2, 0) is 4.79 Å². The number of hydrogen-bond donors (Lipinski definition) is 0. The Labute approximate surface area is 125 Å². The highest BCUT2D eigenvalue weighted by Gasteiger charge is 2.17. The van der Waals surface area contributed by atoms with Crippen molar-refractivity contribution in [1.29, 1.82) is 5.26 Å². The molecule has 1 saturated heterocycles. The monoisotopic (exact) mass is 287 g/mol. The topological polar surface area (TPSA) is 56.6 Å². The molecule has 112 valence electrons. The number of nitriles is 1. The van der Waals surface area contributed by atoms with Crippen molar-refractivity contribution in [2.75, 3.05) is 39.3 Å². The van der Waals surface area contributed by atoms with Crippen molar-refractivity contribution in [1.82, 2.24) is 9.80 Å². The van der Waals surface area contributed by atoms with E-state index >= 15 is 0 Å². The van der Waals surface area contributed by atoms with E-state index in [0.29, 0.717) is 12.2 Å². The second kappa shape index (κ2) is 7.65. The predicted octanol–water partition coefficient (Wildman–Crippen LogP) is 1.49. The fourth-order valence-corrected chi connectivity index (χ4v) is 2.42. The van der Waals surface area contributed by atoms with E-state index in [9.17, 15) is 4.79 Å². The Hall–Kier alpha value is -2.06. The largest absolute Gasteiger partial charge is 0.494 e. The van der Waals surface area contributed by atoms with Crippen LogP contribution in [0.1, 0.15) is 18.9 Å². The van der Waals surface area contributed by atoms with E-state index in [2.05, 4.69) is 11.0 Å². The Morgan fingerprint density at radius 2 is 2.10 bits per heavy atom. The lowest BCUT2D eigenvalue weighted by Crippen LogP contribution is -2.48. The molecule has 1 amide bonds. The quantitative estimate of drug-likeness (QED) is 0.770. The molecule has 21 heavy (non-hydrogen) atoms. The standard InChI is InChI=1S/C16H21N3O2/c1-14(20)19-9-7-18(8-10-19)6-3-11-21-16-5-2-4-15(12-16)13-17/h2,4-5,12H,3,6-11H2,1H3.